The number of aryl methyl sites for hydroxylation is 1. The molecule has 0 radical (unpaired) electrons. The van der Waals surface area contributed by atoms with E-state index in [1.54, 1.807) is 7.11 Å². The standard InChI is InChI=1S/C17H27N3O/c1-12-17(13(2)20(19-12)6-7-21-3)11-18-10-16-9-14-4-5-15(16)8-14/h4-5,14-16,18H,6-11H2,1-3H3. The van der Waals surface area contributed by atoms with Gasteiger partial charge in [0.05, 0.1) is 18.8 Å². The molecule has 21 heavy (non-hydrogen) atoms. The van der Waals surface area contributed by atoms with Gasteiger partial charge in [-0.05, 0) is 51.0 Å². The van der Waals surface area contributed by atoms with E-state index in [0.717, 1.165) is 43.1 Å². The van der Waals surface area contributed by atoms with Crippen molar-refractivity contribution in [2.24, 2.45) is 17.8 Å². The number of aromatic nitrogens is 2. The summed E-state index contributed by atoms with van der Waals surface area (Å²) in [6, 6.07) is 0. The van der Waals surface area contributed by atoms with Crippen molar-refractivity contribution in [1.82, 2.24) is 15.1 Å². The van der Waals surface area contributed by atoms with Crippen LogP contribution in [0, 0.1) is 31.6 Å². The van der Waals surface area contributed by atoms with E-state index in [0.29, 0.717) is 6.61 Å². The van der Waals surface area contributed by atoms with Gasteiger partial charge in [-0.2, -0.15) is 5.10 Å². The van der Waals surface area contributed by atoms with Gasteiger partial charge < -0.3 is 10.1 Å². The fourth-order valence-electron chi connectivity index (χ4n) is 3.90. The lowest BCUT2D eigenvalue weighted by molar-refractivity contribution is 0.182. The van der Waals surface area contributed by atoms with E-state index in [2.05, 4.69) is 41.1 Å². The van der Waals surface area contributed by atoms with Gasteiger partial charge in [0.1, 0.15) is 0 Å². The van der Waals surface area contributed by atoms with Crippen molar-refractivity contribution in [2.45, 2.75) is 39.8 Å². The van der Waals surface area contributed by atoms with Crippen LogP contribution in [0.1, 0.15) is 29.8 Å². The Balaban J connectivity index is 1.53. The zero-order chi connectivity index (χ0) is 14.8. The van der Waals surface area contributed by atoms with Crippen LogP contribution in [0.4, 0.5) is 0 Å². The Hall–Kier alpha value is -1.13. The van der Waals surface area contributed by atoms with Crippen LogP contribution in [-0.2, 0) is 17.8 Å². The van der Waals surface area contributed by atoms with Gasteiger partial charge in [0.2, 0.25) is 0 Å². The Bertz CT molecular complexity index is 520. The van der Waals surface area contributed by atoms with Crippen LogP contribution in [0.15, 0.2) is 12.2 Å². The highest BCUT2D eigenvalue weighted by Crippen LogP contribution is 2.42. The summed E-state index contributed by atoms with van der Waals surface area (Å²) in [5.74, 6) is 2.53. The normalized spacial score (nSPS) is 26.9. The molecule has 1 N–H and O–H groups in total. The molecule has 0 amide bonds. The molecular weight excluding hydrogens is 262 g/mol. The summed E-state index contributed by atoms with van der Waals surface area (Å²) >= 11 is 0. The zero-order valence-corrected chi connectivity index (χ0v) is 13.4. The van der Waals surface area contributed by atoms with Gasteiger partial charge in [0, 0.05) is 24.9 Å². The Labute approximate surface area is 127 Å². The summed E-state index contributed by atoms with van der Waals surface area (Å²) in [6.07, 6.45) is 7.60. The maximum absolute atomic E-state index is 5.14. The Morgan fingerprint density at radius 2 is 2.19 bits per heavy atom. The minimum Gasteiger partial charge on any atom is -0.383 e. The van der Waals surface area contributed by atoms with Gasteiger partial charge in [-0.25, -0.2) is 0 Å². The fraction of sp³-hybridized carbons (Fsp3) is 0.706. The molecule has 1 aromatic rings. The number of allylic oxidation sites excluding steroid dienone is 2. The first-order chi connectivity index (χ1) is 10.2. The van der Waals surface area contributed by atoms with E-state index in [-0.39, 0.29) is 0 Å². The highest BCUT2D eigenvalue weighted by Gasteiger charge is 2.34. The number of fused-ring (bicyclic) bond motifs is 2. The molecule has 2 bridgehead atoms. The van der Waals surface area contributed by atoms with E-state index in [1.807, 2.05) is 0 Å². The second-order valence-corrected chi connectivity index (χ2v) is 6.54. The van der Waals surface area contributed by atoms with Crippen molar-refractivity contribution in [3.8, 4) is 0 Å². The Morgan fingerprint density at radius 3 is 2.86 bits per heavy atom. The Kier molecular flexibility index (Phi) is 4.45. The molecule has 2 aliphatic rings. The summed E-state index contributed by atoms with van der Waals surface area (Å²) in [5, 5.41) is 8.28. The molecule has 116 valence electrons. The summed E-state index contributed by atoms with van der Waals surface area (Å²) in [5.41, 5.74) is 3.76. The summed E-state index contributed by atoms with van der Waals surface area (Å²) in [6.45, 7) is 7.88. The van der Waals surface area contributed by atoms with Gasteiger partial charge in [0.25, 0.3) is 0 Å². The quantitative estimate of drug-likeness (QED) is 0.784. The summed E-state index contributed by atoms with van der Waals surface area (Å²) < 4.78 is 7.21. The minimum absolute atomic E-state index is 0.715. The largest absolute Gasteiger partial charge is 0.383 e. The maximum Gasteiger partial charge on any atom is 0.0658 e. The molecule has 1 fully saturated rings. The first-order valence-corrected chi connectivity index (χ1v) is 8.10. The number of nitrogens with one attached hydrogen (secondary N) is 1. The molecule has 0 aliphatic heterocycles. The number of methoxy groups -OCH3 is 1. The summed E-state index contributed by atoms with van der Waals surface area (Å²) in [7, 11) is 1.73. The van der Waals surface area contributed by atoms with Crippen LogP contribution in [0.3, 0.4) is 0 Å². The second kappa shape index (κ2) is 6.32. The highest BCUT2D eigenvalue weighted by molar-refractivity contribution is 5.24. The van der Waals surface area contributed by atoms with Crippen molar-refractivity contribution in [3.05, 3.63) is 29.1 Å². The van der Waals surface area contributed by atoms with Gasteiger partial charge in [-0.3, -0.25) is 4.68 Å². The van der Waals surface area contributed by atoms with Gasteiger partial charge >= 0.3 is 0 Å². The average molecular weight is 289 g/mol. The molecule has 0 aromatic carbocycles. The van der Waals surface area contributed by atoms with Crippen molar-refractivity contribution in [1.29, 1.82) is 0 Å². The molecular formula is C17H27N3O. The number of hydrogen-bond donors (Lipinski definition) is 1. The summed E-state index contributed by atoms with van der Waals surface area (Å²) in [4.78, 5) is 0. The molecule has 3 unspecified atom stereocenters. The van der Waals surface area contributed by atoms with Crippen LogP contribution in [-0.4, -0.2) is 30.0 Å². The molecule has 2 aliphatic carbocycles. The molecule has 0 spiro atoms. The topological polar surface area (TPSA) is 39.1 Å². The minimum atomic E-state index is 0.715. The van der Waals surface area contributed by atoms with Crippen LogP contribution in [0.2, 0.25) is 0 Å². The third kappa shape index (κ3) is 3.06. The van der Waals surface area contributed by atoms with Crippen LogP contribution in [0.25, 0.3) is 0 Å². The maximum atomic E-state index is 5.14. The highest BCUT2D eigenvalue weighted by atomic mass is 16.5. The molecule has 3 atom stereocenters. The van der Waals surface area contributed by atoms with Gasteiger partial charge in [-0.1, -0.05) is 12.2 Å². The number of rotatable bonds is 7. The van der Waals surface area contributed by atoms with Crippen molar-refractivity contribution >= 4 is 0 Å². The lowest BCUT2D eigenvalue weighted by atomic mass is 9.93. The lowest BCUT2D eigenvalue weighted by Crippen LogP contribution is -2.25. The second-order valence-electron chi connectivity index (χ2n) is 6.54. The smallest absolute Gasteiger partial charge is 0.0658 e. The third-order valence-electron chi connectivity index (χ3n) is 5.16. The molecule has 1 heterocycles. The van der Waals surface area contributed by atoms with Crippen LogP contribution in [0.5, 0.6) is 0 Å². The predicted octanol–water partition coefficient (Wildman–Crippen LogP) is 2.45. The SMILES string of the molecule is COCCn1nc(C)c(CNCC2CC3C=CC2C3)c1C. The number of hydrogen-bond acceptors (Lipinski definition) is 3. The van der Waals surface area contributed by atoms with E-state index >= 15 is 0 Å². The van der Waals surface area contributed by atoms with E-state index in [4.69, 9.17) is 4.74 Å². The third-order valence-corrected chi connectivity index (χ3v) is 5.16. The molecule has 4 nitrogen and oxygen atoms in total. The fourth-order valence-corrected chi connectivity index (χ4v) is 3.90. The van der Waals surface area contributed by atoms with Crippen molar-refractivity contribution in [3.63, 3.8) is 0 Å². The number of nitrogens with zero attached hydrogens (tertiary/aromatic N) is 2. The van der Waals surface area contributed by atoms with Crippen molar-refractivity contribution < 1.29 is 4.74 Å². The molecule has 3 rings (SSSR count). The molecule has 0 saturated heterocycles. The van der Waals surface area contributed by atoms with E-state index < -0.39 is 0 Å². The van der Waals surface area contributed by atoms with Crippen LogP contribution < -0.4 is 5.32 Å². The first kappa shape index (κ1) is 14.8. The van der Waals surface area contributed by atoms with Crippen LogP contribution >= 0.6 is 0 Å². The Morgan fingerprint density at radius 1 is 1.33 bits per heavy atom. The van der Waals surface area contributed by atoms with Gasteiger partial charge in [0.15, 0.2) is 0 Å². The molecule has 1 saturated carbocycles. The number of ether oxygens (including phenoxy) is 1. The predicted molar refractivity (Wildman–Crippen MR) is 84.1 cm³/mol. The van der Waals surface area contributed by atoms with Crippen molar-refractivity contribution in [2.75, 3.05) is 20.3 Å². The molecule has 4 heteroatoms. The average Bonchev–Trinajstić information content (AvgIpc) is 3.15. The van der Waals surface area contributed by atoms with Gasteiger partial charge in [-0.15, -0.1) is 0 Å². The van der Waals surface area contributed by atoms with E-state index in [9.17, 15) is 0 Å². The van der Waals surface area contributed by atoms with E-state index in [1.165, 1.54) is 24.1 Å². The molecule has 1 aromatic heterocycles. The lowest BCUT2D eigenvalue weighted by Gasteiger charge is -2.18. The first-order valence-electron chi connectivity index (χ1n) is 8.10. The monoisotopic (exact) mass is 289 g/mol. The zero-order valence-electron chi connectivity index (χ0n) is 13.4.